The monoisotopic (exact) mass is 408 g/mol. The van der Waals surface area contributed by atoms with E-state index in [0.717, 1.165) is 29.7 Å². The molecule has 23 heavy (non-hydrogen) atoms. The van der Waals surface area contributed by atoms with Gasteiger partial charge < -0.3 is 5.32 Å². The molecule has 2 aromatic heterocycles. The lowest BCUT2D eigenvalue weighted by Gasteiger charge is -2.02. The van der Waals surface area contributed by atoms with Gasteiger partial charge in [0.05, 0.1) is 31.1 Å². The number of halogens is 1. The third-order valence-electron chi connectivity index (χ3n) is 2.97. The number of thiazole rings is 1. The van der Waals surface area contributed by atoms with Crippen molar-refractivity contribution >= 4 is 65.6 Å². The minimum atomic E-state index is -0.209. The summed E-state index contributed by atoms with van der Waals surface area (Å²) in [6, 6.07) is 11.8. The average molecular weight is 409 g/mol. The van der Waals surface area contributed by atoms with Crippen LogP contribution in [0.4, 0.5) is 5.13 Å². The smallest absolute Gasteiger partial charge is 0.259 e. The van der Waals surface area contributed by atoms with Crippen molar-refractivity contribution in [2.24, 2.45) is 5.10 Å². The number of hydrogen-bond donors (Lipinski definition) is 2. The average Bonchev–Trinajstić information content (AvgIpc) is 3.16. The van der Waals surface area contributed by atoms with E-state index in [1.165, 1.54) is 11.3 Å². The van der Waals surface area contributed by atoms with Crippen LogP contribution < -0.4 is 10.7 Å². The number of anilines is 1. The van der Waals surface area contributed by atoms with Crippen LogP contribution in [0.25, 0.3) is 10.2 Å². The molecule has 2 heterocycles. The first-order valence-electron chi connectivity index (χ1n) is 6.80. The van der Waals surface area contributed by atoms with E-state index in [1.54, 1.807) is 11.3 Å². The molecule has 5 nitrogen and oxygen atoms in total. The predicted molar refractivity (Wildman–Crippen MR) is 100 cm³/mol. The van der Waals surface area contributed by atoms with Crippen LogP contribution in [0, 0.1) is 0 Å². The molecule has 0 radical (unpaired) electrons. The molecule has 0 aliphatic carbocycles. The molecular weight excluding hydrogens is 396 g/mol. The number of amides is 1. The molecule has 0 atom stereocenters. The summed E-state index contributed by atoms with van der Waals surface area (Å²) in [5, 5.41) is 7.86. The molecule has 8 heteroatoms. The first kappa shape index (κ1) is 16.1. The van der Waals surface area contributed by atoms with Crippen molar-refractivity contribution in [1.82, 2.24) is 10.4 Å². The molecule has 0 aliphatic rings. The van der Waals surface area contributed by atoms with Crippen LogP contribution in [0.15, 0.2) is 45.3 Å². The number of hydrogen-bond acceptors (Lipinski definition) is 6. The molecule has 2 N–H and O–H groups in total. The van der Waals surface area contributed by atoms with Crippen molar-refractivity contribution in [2.45, 2.75) is 6.92 Å². The van der Waals surface area contributed by atoms with Crippen LogP contribution in [-0.2, 0) is 4.79 Å². The second-order valence-electron chi connectivity index (χ2n) is 4.68. The molecule has 1 aromatic carbocycles. The van der Waals surface area contributed by atoms with Crippen molar-refractivity contribution in [3.63, 3.8) is 0 Å². The van der Waals surface area contributed by atoms with E-state index in [-0.39, 0.29) is 12.5 Å². The van der Waals surface area contributed by atoms with Crippen molar-refractivity contribution in [3.05, 3.63) is 45.1 Å². The number of hydrazone groups is 1. The summed E-state index contributed by atoms with van der Waals surface area (Å²) >= 11 is 6.50. The number of fused-ring (bicyclic) bond motifs is 1. The summed E-state index contributed by atoms with van der Waals surface area (Å²) in [7, 11) is 0. The van der Waals surface area contributed by atoms with Crippen molar-refractivity contribution in [1.29, 1.82) is 0 Å². The van der Waals surface area contributed by atoms with Gasteiger partial charge in [0.15, 0.2) is 5.13 Å². The maximum absolute atomic E-state index is 11.9. The number of thiophene rings is 1. The van der Waals surface area contributed by atoms with Gasteiger partial charge in [0.2, 0.25) is 0 Å². The third kappa shape index (κ3) is 4.15. The summed E-state index contributed by atoms with van der Waals surface area (Å²) in [6.07, 6.45) is 0. The fourth-order valence-corrected chi connectivity index (χ4v) is 4.05. The van der Waals surface area contributed by atoms with Gasteiger partial charge in [0.25, 0.3) is 5.91 Å². The normalized spacial score (nSPS) is 11.7. The van der Waals surface area contributed by atoms with Gasteiger partial charge in [0.1, 0.15) is 0 Å². The summed E-state index contributed by atoms with van der Waals surface area (Å²) in [5.41, 5.74) is 4.25. The molecule has 118 valence electrons. The van der Waals surface area contributed by atoms with E-state index in [1.807, 2.05) is 43.3 Å². The molecule has 0 spiro atoms. The number of carbonyl (C=O) groups excluding carboxylic acids is 1. The number of nitrogens with one attached hydrogen (secondary N) is 2. The zero-order chi connectivity index (χ0) is 16.2. The minimum Gasteiger partial charge on any atom is -0.352 e. The molecule has 0 saturated carbocycles. The summed E-state index contributed by atoms with van der Waals surface area (Å²) < 4.78 is 2.12. The number of carbonyl (C=O) groups is 1. The maximum atomic E-state index is 11.9. The highest BCUT2D eigenvalue weighted by Gasteiger charge is 2.06. The molecule has 0 aliphatic heterocycles. The van der Waals surface area contributed by atoms with Crippen LogP contribution in [0.2, 0.25) is 0 Å². The topological polar surface area (TPSA) is 66.4 Å². The molecule has 3 aromatic rings. The Kier molecular flexibility index (Phi) is 5.04. The molecule has 0 fully saturated rings. The predicted octanol–water partition coefficient (Wildman–Crippen LogP) is 4.07. The van der Waals surface area contributed by atoms with Gasteiger partial charge in [-0.25, -0.2) is 10.4 Å². The van der Waals surface area contributed by atoms with E-state index >= 15 is 0 Å². The van der Waals surface area contributed by atoms with Crippen molar-refractivity contribution in [2.75, 3.05) is 11.9 Å². The van der Waals surface area contributed by atoms with Crippen LogP contribution in [0.1, 0.15) is 11.8 Å². The Morgan fingerprint density at radius 3 is 2.83 bits per heavy atom. The second kappa shape index (κ2) is 7.20. The molecule has 0 bridgehead atoms. The zero-order valence-electron chi connectivity index (χ0n) is 12.2. The second-order valence-corrected chi connectivity index (χ2v) is 8.17. The van der Waals surface area contributed by atoms with E-state index in [2.05, 4.69) is 36.8 Å². The fraction of sp³-hybridized carbons (Fsp3) is 0.133. The van der Waals surface area contributed by atoms with Gasteiger partial charge in [0, 0.05) is 0 Å². The highest BCUT2D eigenvalue weighted by molar-refractivity contribution is 9.11. The Bertz CT molecular complexity index is 838. The number of nitrogens with zero attached hydrogens (tertiary/aromatic N) is 2. The van der Waals surface area contributed by atoms with E-state index < -0.39 is 0 Å². The Balaban J connectivity index is 1.55. The lowest BCUT2D eigenvalue weighted by Crippen LogP contribution is -2.26. The molecule has 3 rings (SSSR count). The Morgan fingerprint density at radius 2 is 2.09 bits per heavy atom. The number of benzene rings is 1. The SMILES string of the molecule is C/C(=N/NC(=O)CNc1nc2ccccc2s1)c1ccc(Br)s1. The summed E-state index contributed by atoms with van der Waals surface area (Å²) in [6.45, 7) is 1.99. The molecule has 0 saturated heterocycles. The van der Waals surface area contributed by atoms with Gasteiger partial charge in [-0.3, -0.25) is 4.79 Å². The number of aromatic nitrogens is 1. The van der Waals surface area contributed by atoms with E-state index in [0.29, 0.717) is 0 Å². The van der Waals surface area contributed by atoms with Gasteiger partial charge in [-0.15, -0.1) is 11.3 Å². The van der Waals surface area contributed by atoms with Crippen LogP contribution in [0.3, 0.4) is 0 Å². The van der Waals surface area contributed by atoms with Gasteiger partial charge in [-0.05, 0) is 47.1 Å². The molecule has 0 unspecified atom stereocenters. The summed E-state index contributed by atoms with van der Waals surface area (Å²) in [5.74, 6) is -0.209. The van der Waals surface area contributed by atoms with Crippen LogP contribution in [-0.4, -0.2) is 23.1 Å². The summed E-state index contributed by atoms with van der Waals surface area (Å²) in [4.78, 5) is 17.3. The van der Waals surface area contributed by atoms with E-state index in [9.17, 15) is 4.79 Å². The lowest BCUT2D eigenvalue weighted by atomic mass is 10.3. The molecule has 1 amide bonds. The highest BCUT2D eigenvalue weighted by atomic mass is 79.9. The van der Waals surface area contributed by atoms with Gasteiger partial charge in [-0.1, -0.05) is 23.5 Å². The Hall–Kier alpha value is -1.77. The fourth-order valence-electron chi connectivity index (χ4n) is 1.85. The maximum Gasteiger partial charge on any atom is 0.259 e. The van der Waals surface area contributed by atoms with Crippen molar-refractivity contribution < 1.29 is 4.79 Å². The first-order valence-corrected chi connectivity index (χ1v) is 9.23. The minimum absolute atomic E-state index is 0.130. The van der Waals surface area contributed by atoms with Gasteiger partial charge in [-0.2, -0.15) is 5.10 Å². The largest absolute Gasteiger partial charge is 0.352 e. The zero-order valence-corrected chi connectivity index (χ0v) is 15.4. The quantitative estimate of drug-likeness (QED) is 0.493. The third-order valence-corrected chi connectivity index (χ3v) is 5.70. The lowest BCUT2D eigenvalue weighted by molar-refractivity contribution is -0.119. The Labute approximate surface area is 149 Å². The Morgan fingerprint density at radius 1 is 1.26 bits per heavy atom. The first-order chi connectivity index (χ1) is 11.1. The van der Waals surface area contributed by atoms with E-state index in [4.69, 9.17) is 0 Å². The van der Waals surface area contributed by atoms with Crippen LogP contribution in [0.5, 0.6) is 0 Å². The van der Waals surface area contributed by atoms with Crippen LogP contribution >= 0.6 is 38.6 Å². The number of para-hydroxylation sites is 1. The number of rotatable bonds is 5. The molecular formula is C15H13BrN4OS2. The standard InChI is InChI=1S/C15H13BrN4OS2/c1-9(11-6-7-13(16)22-11)19-20-14(21)8-17-15-18-10-4-2-3-5-12(10)23-15/h2-7H,8H2,1H3,(H,17,18)(H,20,21)/b19-9-. The van der Waals surface area contributed by atoms with Gasteiger partial charge >= 0.3 is 0 Å². The highest BCUT2D eigenvalue weighted by Crippen LogP contribution is 2.25. The van der Waals surface area contributed by atoms with Crippen molar-refractivity contribution in [3.8, 4) is 0 Å².